The van der Waals surface area contributed by atoms with Crippen LogP contribution in [0.15, 0.2) is 46.4 Å². The van der Waals surface area contributed by atoms with E-state index >= 15 is 0 Å². The van der Waals surface area contributed by atoms with Crippen molar-refractivity contribution in [1.29, 1.82) is 0 Å². The van der Waals surface area contributed by atoms with E-state index in [-0.39, 0.29) is 0 Å². The van der Waals surface area contributed by atoms with Gasteiger partial charge in [0.05, 0.1) is 11.4 Å². The first-order chi connectivity index (χ1) is 17.9. The minimum Gasteiger partial charge on any atom is -0.343 e. The summed E-state index contributed by atoms with van der Waals surface area (Å²) in [5.41, 5.74) is 2.14. The van der Waals surface area contributed by atoms with Gasteiger partial charge in [0.25, 0.3) is 0 Å². The molecule has 0 unspecified atom stereocenters. The number of benzene rings is 2. The first-order valence-corrected chi connectivity index (χ1v) is 14.6. The van der Waals surface area contributed by atoms with E-state index in [2.05, 4.69) is 56.0 Å². The Morgan fingerprint density at radius 2 is 0.778 bits per heavy atom. The molecule has 2 aromatic rings. The summed E-state index contributed by atoms with van der Waals surface area (Å²) in [6.45, 7) is 8.99. The minimum atomic E-state index is 1.07. The topological polar surface area (TPSA) is 37.7 Å². The van der Waals surface area contributed by atoms with Crippen LogP contribution in [-0.2, 0) is 0 Å². The molecule has 192 valence electrons. The number of hydrogen-bond acceptors (Lipinski definition) is 2. The molecule has 4 aliphatic heterocycles. The number of hydrogen-bond donors (Lipinski definition) is 0. The highest BCUT2D eigenvalue weighted by molar-refractivity contribution is 6.04. The van der Waals surface area contributed by atoms with Crippen LogP contribution < -0.4 is 0 Å². The van der Waals surface area contributed by atoms with Gasteiger partial charge in [-0.1, -0.05) is 24.3 Å². The molecule has 4 aliphatic rings. The van der Waals surface area contributed by atoms with Crippen molar-refractivity contribution >= 4 is 34.1 Å². The van der Waals surface area contributed by atoms with Crippen molar-refractivity contribution in [2.24, 2.45) is 9.98 Å². The second-order valence-corrected chi connectivity index (χ2v) is 11.0. The molecule has 6 heteroatoms. The van der Waals surface area contributed by atoms with E-state index < -0.39 is 0 Å². The van der Waals surface area contributed by atoms with Crippen LogP contribution in [0.4, 0.5) is 11.4 Å². The van der Waals surface area contributed by atoms with E-state index in [9.17, 15) is 0 Å². The number of aliphatic imine (C=N–C) groups is 2. The molecule has 0 atom stereocenters. The molecule has 36 heavy (non-hydrogen) atoms. The van der Waals surface area contributed by atoms with Crippen LogP contribution >= 0.6 is 0 Å². The molecule has 2 aromatic carbocycles. The van der Waals surface area contributed by atoms with Gasteiger partial charge in [0.2, 0.25) is 11.9 Å². The summed E-state index contributed by atoms with van der Waals surface area (Å²) in [6, 6.07) is 13.2. The summed E-state index contributed by atoms with van der Waals surface area (Å²) in [4.78, 5) is 21.0. The summed E-state index contributed by atoms with van der Waals surface area (Å²) < 4.78 is 0. The predicted molar refractivity (Wildman–Crippen MR) is 151 cm³/mol. The van der Waals surface area contributed by atoms with Gasteiger partial charge >= 0.3 is 0 Å². The minimum absolute atomic E-state index is 1.07. The highest BCUT2D eigenvalue weighted by Crippen LogP contribution is 2.36. The Bertz CT molecular complexity index is 1000. The van der Waals surface area contributed by atoms with Gasteiger partial charge in [0.1, 0.15) is 0 Å². The van der Waals surface area contributed by atoms with Crippen molar-refractivity contribution in [3.8, 4) is 0 Å². The monoisotopic (exact) mass is 486 g/mol. The van der Waals surface area contributed by atoms with E-state index in [1.807, 2.05) is 0 Å². The molecule has 4 saturated heterocycles. The predicted octanol–water partition coefficient (Wildman–Crippen LogP) is 5.98. The Labute approximate surface area is 216 Å². The lowest BCUT2D eigenvalue weighted by atomic mass is 10.1. The Morgan fingerprint density at radius 3 is 1.14 bits per heavy atom. The first kappa shape index (κ1) is 23.6. The summed E-state index contributed by atoms with van der Waals surface area (Å²) in [5.74, 6) is 2.38. The van der Waals surface area contributed by atoms with Crippen LogP contribution in [0.25, 0.3) is 10.8 Å². The zero-order chi connectivity index (χ0) is 24.2. The summed E-state index contributed by atoms with van der Waals surface area (Å²) >= 11 is 0. The molecular formula is C30H42N6. The molecule has 4 fully saturated rings. The molecule has 0 radical (unpaired) electrons. The number of fused-ring (bicyclic) bond motifs is 1. The number of guanidine groups is 2. The quantitative estimate of drug-likeness (QED) is 0.387. The third-order valence-corrected chi connectivity index (χ3v) is 8.36. The maximum Gasteiger partial charge on any atom is 0.201 e. The van der Waals surface area contributed by atoms with Gasteiger partial charge in [0.15, 0.2) is 0 Å². The fourth-order valence-corrected chi connectivity index (χ4v) is 6.41. The average molecular weight is 487 g/mol. The standard InChI is InChI=1S/C30H42N6/c1-3-17-33(18-4-1)29(35-21-7-8-22-35)31-26-15-11-13-25-14-12-16-27(28(25)26)32-30(36-23-9-10-24-36)34-19-5-2-6-20-34/h11-16H,1-10,17-24H2. The van der Waals surface area contributed by atoms with Crippen LogP contribution in [0.1, 0.15) is 64.2 Å². The van der Waals surface area contributed by atoms with E-state index in [1.165, 1.54) is 86.9 Å². The van der Waals surface area contributed by atoms with E-state index in [4.69, 9.17) is 9.98 Å². The summed E-state index contributed by atoms with van der Waals surface area (Å²) in [7, 11) is 0. The molecule has 6 rings (SSSR count). The van der Waals surface area contributed by atoms with Crippen molar-refractivity contribution in [2.45, 2.75) is 64.2 Å². The molecule has 0 aliphatic carbocycles. The molecule has 0 spiro atoms. The van der Waals surface area contributed by atoms with Gasteiger partial charge in [-0.3, -0.25) is 0 Å². The smallest absolute Gasteiger partial charge is 0.201 e. The average Bonchev–Trinajstić information content (AvgIpc) is 3.67. The molecule has 0 aromatic heterocycles. The molecule has 0 bridgehead atoms. The number of nitrogens with zero attached hydrogens (tertiary/aromatic N) is 6. The fraction of sp³-hybridized carbons (Fsp3) is 0.600. The zero-order valence-corrected chi connectivity index (χ0v) is 21.9. The SMILES string of the molecule is c1cc(N=C(N2CCCCC2)N2CCCC2)c2c(N=C(N3CCCCC3)N3CCCC3)cccc2c1. The van der Waals surface area contributed by atoms with Crippen LogP contribution in [0, 0.1) is 0 Å². The fourth-order valence-electron chi connectivity index (χ4n) is 6.41. The Kier molecular flexibility index (Phi) is 7.29. The largest absolute Gasteiger partial charge is 0.343 e. The van der Waals surface area contributed by atoms with E-state index in [0.29, 0.717) is 0 Å². The Balaban J connectivity index is 1.45. The lowest BCUT2D eigenvalue weighted by molar-refractivity contribution is 0.297. The van der Waals surface area contributed by atoms with Crippen molar-refractivity contribution in [3.63, 3.8) is 0 Å². The third-order valence-electron chi connectivity index (χ3n) is 8.36. The number of likely N-dealkylation sites (tertiary alicyclic amines) is 4. The number of rotatable bonds is 2. The highest BCUT2D eigenvalue weighted by Gasteiger charge is 2.26. The maximum absolute atomic E-state index is 5.44. The molecule has 0 saturated carbocycles. The van der Waals surface area contributed by atoms with Gasteiger partial charge in [-0.15, -0.1) is 0 Å². The zero-order valence-electron chi connectivity index (χ0n) is 21.9. The van der Waals surface area contributed by atoms with Crippen LogP contribution in [0.2, 0.25) is 0 Å². The van der Waals surface area contributed by atoms with Gasteiger partial charge in [-0.25, -0.2) is 9.98 Å². The van der Waals surface area contributed by atoms with Crippen molar-refractivity contribution in [1.82, 2.24) is 19.6 Å². The van der Waals surface area contributed by atoms with E-state index in [1.54, 1.807) is 0 Å². The van der Waals surface area contributed by atoms with Crippen molar-refractivity contribution in [3.05, 3.63) is 36.4 Å². The second-order valence-electron chi connectivity index (χ2n) is 11.0. The van der Waals surface area contributed by atoms with Crippen LogP contribution in [-0.4, -0.2) is 83.9 Å². The highest BCUT2D eigenvalue weighted by atomic mass is 15.4. The van der Waals surface area contributed by atoms with Crippen LogP contribution in [0.3, 0.4) is 0 Å². The van der Waals surface area contributed by atoms with Gasteiger partial charge in [-0.05, 0) is 81.7 Å². The van der Waals surface area contributed by atoms with Crippen molar-refractivity contribution < 1.29 is 0 Å². The third kappa shape index (κ3) is 5.05. The lowest BCUT2D eigenvalue weighted by Gasteiger charge is -2.35. The lowest BCUT2D eigenvalue weighted by Crippen LogP contribution is -2.45. The maximum atomic E-state index is 5.44. The molecular weight excluding hydrogens is 444 g/mol. The summed E-state index contributed by atoms with van der Waals surface area (Å²) in [5, 5.41) is 2.43. The number of piperidine rings is 2. The summed E-state index contributed by atoms with van der Waals surface area (Å²) in [6.07, 6.45) is 12.8. The Morgan fingerprint density at radius 1 is 0.444 bits per heavy atom. The van der Waals surface area contributed by atoms with Gasteiger partial charge in [-0.2, -0.15) is 0 Å². The first-order valence-electron chi connectivity index (χ1n) is 14.6. The molecule has 6 nitrogen and oxygen atoms in total. The van der Waals surface area contributed by atoms with Gasteiger partial charge in [0, 0.05) is 57.7 Å². The van der Waals surface area contributed by atoms with Crippen LogP contribution in [0.5, 0.6) is 0 Å². The molecule has 4 heterocycles. The normalized spacial score (nSPS) is 22.2. The Hall–Kier alpha value is -2.76. The van der Waals surface area contributed by atoms with E-state index in [0.717, 1.165) is 63.7 Å². The van der Waals surface area contributed by atoms with Gasteiger partial charge < -0.3 is 19.6 Å². The molecule has 0 amide bonds. The van der Waals surface area contributed by atoms with Crippen molar-refractivity contribution in [2.75, 3.05) is 52.4 Å². The molecule has 0 N–H and O–H groups in total. The second kappa shape index (κ2) is 11.1.